The van der Waals surface area contributed by atoms with Gasteiger partial charge in [-0.15, -0.1) is 0 Å². The van der Waals surface area contributed by atoms with Gasteiger partial charge in [0.05, 0.1) is 6.61 Å². The molecule has 2 heterocycles. The molecule has 3 atom stereocenters. The molecule has 0 amide bonds. The number of allylic oxidation sites excluding steroid dienone is 4. The van der Waals surface area contributed by atoms with Gasteiger partial charge in [-0.25, -0.2) is 4.79 Å². The number of esters is 1. The lowest BCUT2D eigenvalue weighted by molar-refractivity contribution is -0.149. The Morgan fingerprint density at radius 3 is 2.48 bits per heavy atom. The lowest BCUT2D eigenvalue weighted by Gasteiger charge is -2.16. The Morgan fingerprint density at radius 2 is 1.83 bits per heavy atom. The Morgan fingerprint density at radius 1 is 1.13 bits per heavy atom. The number of ether oxygens (including phenoxy) is 3. The van der Waals surface area contributed by atoms with Crippen LogP contribution in [-0.4, -0.2) is 41.3 Å². The van der Waals surface area contributed by atoms with E-state index in [0.717, 1.165) is 25.7 Å². The summed E-state index contributed by atoms with van der Waals surface area (Å²) in [6.45, 7) is 2.33. The average molecular weight is 324 g/mol. The van der Waals surface area contributed by atoms with E-state index in [-0.39, 0.29) is 12.9 Å². The summed E-state index contributed by atoms with van der Waals surface area (Å²) < 4.78 is 16.0. The van der Waals surface area contributed by atoms with Crippen molar-refractivity contribution in [1.82, 2.24) is 0 Å². The molecule has 0 aromatic carbocycles. The molecule has 128 valence electrons. The molecule has 0 bridgehead atoms. The molecular formula is C17H24O6. The standard InChI is InChI=1S/C17H24O6/c1-2-3-4-5-6-7-8-9-10-13-21-11-12(22-13)16-14(18)15(19)17(20)23-16/h3-4,7-8,12-13,16,18-19H,2,5-6,9-11H2,1H3/b4-3+,8-7+/t12-,13?,16+/m0/s1. The van der Waals surface area contributed by atoms with Crippen LogP contribution in [0.1, 0.15) is 39.0 Å². The van der Waals surface area contributed by atoms with Gasteiger partial charge in [-0.3, -0.25) is 0 Å². The molecule has 6 heteroatoms. The molecule has 0 radical (unpaired) electrons. The number of aliphatic hydroxyl groups is 2. The molecule has 2 aliphatic rings. The van der Waals surface area contributed by atoms with Crippen LogP contribution in [-0.2, 0) is 19.0 Å². The second kappa shape index (κ2) is 8.74. The summed E-state index contributed by atoms with van der Waals surface area (Å²) in [6, 6.07) is 0. The number of rotatable bonds is 8. The Balaban J connectivity index is 1.65. The van der Waals surface area contributed by atoms with Crippen molar-refractivity contribution < 1.29 is 29.2 Å². The topological polar surface area (TPSA) is 85.2 Å². The molecule has 0 aliphatic carbocycles. The maximum atomic E-state index is 11.2. The third-order valence-electron chi connectivity index (χ3n) is 3.69. The van der Waals surface area contributed by atoms with E-state index in [0.29, 0.717) is 6.42 Å². The largest absolute Gasteiger partial charge is 0.505 e. The lowest BCUT2D eigenvalue weighted by Crippen LogP contribution is -2.31. The Kier molecular flexibility index (Phi) is 6.67. The van der Waals surface area contributed by atoms with Gasteiger partial charge in [0.2, 0.25) is 5.76 Å². The minimum absolute atomic E-state index is 0.214. The maximum absolute atomic E-state index is 11.2. The SMILES string of the molecule is CC/C=C/CC/C=C/CCC1OC[C@@H]([C@H]2OC(=O)C(O)=C2O)O1. The highest BCUT2D eigenvalue weighted by Gasteiger charge is 2.44. The number of carbonyl (C=O) groups is 1. The first-order valence-corrected chi connectivity index (χ1v) is 8.03. The molecule has 2 rings (SSSR count). The van der Waals surface area contributed by atoms with E-state index in [2.05, 4.69) is 31.2 Å². The normalized spacial score (nSPS) is 28.4. The Hall–Kier alpha value is -1.79. The predicted octanol–water partition coefficient (Wildman–Crippen LogP) is 3.06. The van der Waals surface area contributed by atoms with E-state index in [1.54, 1.807) is 0 Å². The molecule has 0 aromatic heterocycles. The van der Waals surface area contributed by atoms with Crippen LogP contribution in [0.2, 0.25) is 0 Å². The van der Waals surface area contributed by atoms with Crippen molar-refractivity contribution in [3.63, 3.8) is 0 Å². The van der Waals surface area contributed by atoms with E-state index >= 15 is 0 Å². The van der Waals surface area contributed by atoms with E-state index in [1.165, 1.54) is 0 Å². The number of hydrogen-bond acceptors (Lipinski definition) is 6. The number of aliphatic hydroxyl groups excluding tert-OH is 2. The molecule has 1 fully saturated rings. The fourth-order valence-corrected chi connectivity index (χ4v) is 2.45. The summed E-state index contributed by atoms with van der Waals surface area (Å²) in [5.41, 5.74) is 0. The van der Waals surface area contributed by atoms with Gasteiger partial charge in [-0.2, -0.15) is 0 Å². The molecule has 2 aliphatic heterocycles. The molecular weight excluding hydrogens is 300 g/mol. The van der Waals surface area contributed by atoms with Crippen molar-refractivity contribution in [2.24, 2.45) is 0 Å². The minimum atomic E-state index is -0.978. The van der Waals surface area contributed by atoms with Gasteiger partial charge in [0.25, 0.3) is 0 Å². The Labute approximate surface area is 136 Å². The highest BCUT2D eigenvalue weighted by molar-refractivity contribution is 5.89. The quantitative estimate of drug-likeness (QED) is 0.405. The first-order chi connectivity index (χ1) is 11.1. The zero-order valence-corrected chi connectivity index (χ0v) is 13.3. The molecule has 23 heavy (non-hydrogen) atoms. The van der Waals surface area contributed by atoms with Crippen LogP contribution in [0.4, 0.5) is 0 Å². The van der Waals surface area contributed by atoms with Crippen molar-refractivity contribution >= 4 is 5.97 Å². The summed E-state index contributed by atoms with van der Waals surface area (Å²) in [6.07, 6.45) is 11.3. The van der Waals surface area contributed by atoms with Crippen molar-refractivity contribution in [3.05, 3.63) is 35.8 Å². The second-order valence-corrected chi connectivity index (χ2v) is 5.50. The first kappa shape index (κ1) is 17.6. The number of carbonyl (C=O) groups excluding carboxylic acids is 1. The van der Waals surface area contributed by atoms with Crippen molar-refractivity contribution in [2.75, 3.05) is 6.61 Å². The molecule has 0 saturated carbocycles. The number of hydrogen-bond donors (Lipinski definition) is 2. The molecule has 0 aromatic rings. The minimum Gasteiger partial charge on any atom is -0.505 e. The fourth-order valence-electron chi connectivity index (χ4n) is 2.45. The lowest BCUT2D eigenvalue weighted by atomic mass is 10.2. The molecule has 6 nitrogen and oxygen atoms in total. The number of unbranched alkanes of at least 4 members (excludes halogenated alkanes) is 1. The van der Waals surface area contributed by atoms with Crippen molar-refractivity contribution in [2.45, 2.75) is 57.5 Å². The van der Waals surface area contributed by atoms with E-state index in [4.69, 9.17) is 14.2 Å². The predicted molar refractivity (Wildman–Crippen MR) is 83.8 cm³/mol. The van der Waals surface area contributed by atoms with E-state index in [9.17, 15) is 15.0 Å². The highest BCUT2D eigenvalue weighted by atomic mass is 16.7. The van der Waals surface area contributed by atoms with Crippen LogP contribution in [0.15, 0.2) is 35.8 Å². The number of cyclic esters (lactones) is 1. The smallest absolute Gasteiger partial charge is 0.377 e. The van der Waals surface area contributed by atoms with Gasteiger partial charge < -0.3 is 24.4 Å². The molecule has 1 unspecified atom stereocenters. The van der Waals surface area contributed by atoms with E-state index in [1.807, 2.05) is 0 Å². The van der Waals surface area contributed by atoms with Gasteiger partial charge in [0.15, 0.2) is 18.2 Å². The zero-order valence-electron chi connectivity index (χ0n) is 13.3. The van der Waals surface area contributed by atoms with Crippen LogP contribution in [0.25, 0.3) is 0 Å². The van der Waals surface area contributed by atoms with Crippen LogP contribution >= 0.6 is 0 Å². The average Bonchev–Trinajstić information content (AvgIpc) is 3.10. The summed E-state index contributed by atoms with van der Waals surface area (Å²) in [7, 11) is 0. The van der Waals surface area contributed by atoms with Gasteiger partial charge >= 0.3 is 5.97 Å². The third kappa shape index (κ3) is 4.84. The molecule has 1 saturated heterocycles. The van der Waals surface area contributed by atoms with Crippen LogP contribution in [0.3, 0.4) is 0 Å². The van der Waals surface area contributed by atoms with Gasteiger partial charge in [0.1, 0.15) is 6.10 Å². The third-order valence-corrected chi connectivity index (χ3v) is 3.69. The van der Waals surface area contributed by atoms with E-state index < -0.39 is 29.7 Å². The summed E-state index contributed by atoms with van der Waals surface area (Å²) >= 11 is 0. The zero-order chi connectivity index (χ0) is 16.7. The second-order valence-electron chi connectivity index (χ2n) is 5.50. The van der Waals surface area contributed by atoms with Gasteiger partial charge in [-0.05, 0) is 25.7 Å². The van der Waals surface area contributed by atoms with Gasteiger partial charge in [-0.1, -0.05) is 31.2 Å². The molecule has 2 N–H and O–H groups in total. The van der Waals surface area contributed by atoms with Crippen LogP contribution in [0.5, 0.6) is 0 Å². The van der Waals surface area contributed by atoms with Gasteiger partial charge in [0, 0.05) is 6.42 Å². The Bertz CT molecular complexity index is 493. The van der Waals surface area contributed by atoms with Crippen LogP contribution < -0.4 is 0 Å². The summed E-state index contributed by atoms with van der Waals surface area (Å²) in [5.74, 6) is -2.16. The van der Waals surface area contributed by atoms with Crippen LogP contribution in [0, 0.1) is 0 Å². The summed E-state index contributed by atoms with van der Waals surface area (Å²) in [5, 5.41) is 18.9. The maximum Gasteiger partial charge on any atom is 0.377 e. The fraction of sp³-hybridized carbons (Fsp3) is 0.588. The van der Waals surface area contributed by atoms with Crippen molar-refractivity contribution in [1.29, 1.82) is 0 Å². The van der Waals surface area contributed by atoms with Crippen molar-refractivity contribution in [3.8, 4) is 0 Å². The summed E-state index contributed by atoms with van der Waals surface area (Å²) in [4.78, 5) is 11.2. The highest BCUT2D eigenvalue weighted by Crippen LogP contribution is 2.28. The molecule has 0 spiro atoms. The first-order valence-electron chi connectivity index (χ1n) is 8.03. The monoisotopic (exact) mass is 324 g/mol.